The molecule has 168 valence electrons. The molecule has 2 aliphatic heterocycles. The number of carbonyl (C=O) groups excluding carboxylic acids is 2. The van der Waals surface area contributed by atoms with Crippen molar-refractivity contribution in [2.45, 2.75) is 0 Å². The van der Waals surface area contributed by atoms with E-state index < -0.39 is 5.91 Å². The second-order valence-corrected chi connectivity index (χ2v) is 8.93. The van der Waals surface area contributed by atoms with Crippen LogP contribution in [0, 0.1) is 0 Å². The number of nitrogens with one attached hydrogen (secondary N) is 1. The third-order valence-corrected chi connectivity index (χ3v) is 6.37. The third kappa shape index (κ3) is 4.59. The fourth-order valence-corrected chi connectivity index (χ4v) is 4.54. The van der Waals surface area contributed by atoms with E-state index in [0.717, 1.165) is 17.3 Å². The van der Waals surface area contributed by atoms with Gasteiger partial charge in [-0.05, 0) is 47.7 Å². The molecule has 1 aromatic heterocycles. The molecule has 0 aliphatic carbocycles. The first-order valence-electron chi connectivity index (χ1n) is 10.1. The predicted octanol–water partition coefficient (Wildman–Crippen LogP) is 4.93. The fraction of sp³-hybridized carbons (Fsp3) is 0.0800. The average molecular weight is 490 g/mol. The van der Waals surface area contributed by atoms with Crippen LogP contribution in [0.25, 0.3) is 22.0 Å². The van der Waals surface area contributed by atoms with Crippen molar-refractivity contribution >= 4 is 56.6 Å². The highest BCUT2D eigenvalue weighted by Crippen LogP contribution is 2.36. The zero-order valence-electron chi connectivity index (χ0n) is 17.5. The monoisotopic (exact) mass is 489 g/mol. The van der Waals surface area contributed by atoms with Gasteiger partial charge in [0, 0.05) is 5.41 Å². The van der Waals surface area contributed by atoms with Crippen LogP contribution in [-0.4, -0.2) is 24.4 Å². The maximum atomic E-state index is 13.0. The Labute approximate surface area is 201 Å². The van der Waals surface area contributed by atoms with Crippen LogP contribution in [0.3, 0.4) is 0 Å². The first-order chi connectivity index (χ1) is 16.6. The van der Waals surface area contributed by atoms with Gasteiger partial charge in [0.1, 0.15) is 29.5 Å². The van der Waals surface area contributed by atoms with Gasteiger partial charge in [-0.3, -0.25) is 19.7 Å². The quantitative estimate of drug-likeness (QED) is 0.284. The summed E-state index contributed by atoms with van der Waals surface area (Å²) >= 11 is 2.22. The largest absolute Gasteiger partial charge is 0.490 e. The van der Waals surface area contributed by atoms with Crippen LogP contribution < -0.4 is 20.2 Å². The van der Waals surface area contributed by atoms with E-state index in [9.17, 15) is 14.4 Å². The highest BCUT2D eigenvalue weighted by molar-refractivity contribution is 8.18. The van der Waals surface area contributed by atoms with E-state index in [-0.39, 0.29) is 29.6 Å². The summed E-state index contributed by atoms with van der Waals surface area (Å²) in [4.78, 5) is 36.9. The molecule has 0 spiro atoms. The number of thioether (sulfide) groups is 2. The second kappa shape index (κ2) is 9.55. The van der Waals surface area contributed by atoms with Crippen LogP contribution in [0.1, 0.15) is 11.3 Å². The van der Waals surface area contributed by atoms with Gasteiger partial charge >= 0.3 is 0 Å². The van der Waals surface area contributed by atoms with Gasteiger partial charge in [-0.15, -0.1) is 0 Å². The molecule has 1 fully saturated rings. The van der Waals surface area contributed by atoms with Gasteiger partial charge in [0.25, 0.3) is 11.1 Å². The predicted molar refractivity (Wildman–Crippen MR) is 132 cm³/mol. The van der Waals surface area contributed by atoms with Gasteiger partial charge in [0.15, 0.2) is 5.76 Å². The third-order valence-electron chi connectivity index (χ3n) is 4.80. The summed E-state index contributed by atoms with van der Waals surface area (Å²) in [5.74, 6) is 0.623. The van der Waals surface area contributed by atoms with E-state index in [0.29, 0.717) is 32.3 Å². The molecule has 1 N–H and O–H groups in total. The molecule has 9 heteroatoms. The lowest BCUT2D eigenvalue weighted by Crippen LogP contribution is -2.17. The summed E-state index contributed by atoms with van der Waals surface area (Å²) in [6.07, 6.45) is 1.64. The van der Waals surface area contributed by atoms with Crippen molar-refractivity contribution in [1.82, 2.24) is 5.32 Å². The maximum absolute atomic E-state index is 13.0. The van der Waals surface area contributed by atoms with E-state index in [1.54, 1.807) is 60.0 Å². The van der Waals surface area contributed by atoms with Gasteiger partial charge in [-0.1, -0.05) is 47.5 Å². The van der Waals surface area contributed by atoms with Gasteiger partial charge in [-0.2, -0.15) is 0 Å². The molecule has 0 atom stereocenters. The summed E-state index contributed by atoms with van der Waals surface area (Å²) in [6, 6.07) is 14.1. The van der Waals surface area contributed by atoms with Gasteiger partial charge in [0.05, 0.1) is 10.3 Å². The van der Waals surface area contributed by atoms with Crippen molar-refractivity contribution in [3.05, 3.63) is 91.9 Å². The molecule has 34 heavy (non-hydrogen) atoms. The van der Waals surface area contributed by atoms with E-state index in [1.165, 1.54) is 11.8 Å². The van der Waals surface area contributed by atoms with Gasteiger partial charge in [-0.25, -0.2) is 0 Å². The Kier molecular flexibility index (Phi) is 6.16. The van der Waals surface area contributed by atoms with E-state index in [4.69, 9.17) is 13.9 Å². The highest BCUT2D eigenvalue weighted by atomic mass is 32.2. The number of fused-ring (bicyclic) bond motifs is 1. The first kappa shape index (κ1) is 21.9. The molecule has 3 aromatic rings. The molecule has 0 radical (unpaired) electrons. The summed E-state index contributed by atoms with van der Waals surface area (Å²) in [6.45, 7) is 0.315. The van der Waals surface area contributed by atoms with Crippen LogP contribution in [0.2, 0.25) is 0 Å². The van der Waals surface area contributed by atoms with E-state index in [1.807, 2.05) is 0 Å². The molecule has 1 saturated heterocycles. The lowest BCUT2D eigenvalue weighted by Gasteiger charge is -2.12. The Balaban J connectivity index is 1.26. The van der Waals surface area contributed by atoms with Crippen LogP contribution in [0.4, 0.5) is 4.79 Å². The van der Waals surface area contributed by atoms with Crippen LogP contribution in [-0.2, 0) is 4.79 Å². The number of imide groups is 1. The minimum absolute atomic E-state index is 0.110. The first-order valence-corrected chi connectivity index (χ1v) is 11.8. The van der Waals surface area contributed by atoms with E-state index >= 15 is 0 Å². The van der Waals surface area contributed by atoms with Crippen molar-refractivity contribution in [2.24, 2.45) is 0 Å². The Morgan fingerprint density at radius 1 is 1.00 bits per heavy atom. The van der Waals surface area contributed by atoms with Crippen molar-refractivity contribution in [2.75, 3.05) is 13.2 Å². The molecule has 0 bridgehead atoms. The number of carbonyl (C=O) groups is 2. The standard InChI is InChI=1S/C25H15NO6S2/c27-21-17-4-1-2-5-18(17)32-22(19-6-3-13-33-19)23(21)31-12-11-30-16-9-7-15(8-10-16)14-20-24(28)26-25(29)34-20/h1-2,4-5,7-10,13-14H,11-12H2,(H,26,28,29)/b20-14-. The maximum Gasteiger partial charge on any atom is 0.290 e. The van der Waals surface area contributed by atoms with E-state index in [2.05, 4.69) is 16.8 Å². The van der Waals surface area contributed by atoms with Crippen molar-refractivity contribution in [3.8, 4) is 11.5 Å². The van der Waals surface area contributed by atoms with Crippen molar-refractivity contribution < 1.29 is 23.5 Å². The van der Waals surface area contributed by atoms with Gasteiger partial charge < -0.3 is 13.9 Å². The molecule has 2 aliphatic rings. The normalized spacial score (nSPS) is 15.8. The lowest BCUT2D eigenvalue weighted by atomic mass is 10.2. The number of hydrogen-bond donors (Lipinski definition) is 1. The second-order valence-electron chi connectivity index (χ2n) is 7.04. The Morgan fingerprint density at radius 2 is 1.79 bits per heavy atom. The summed E-state index contributed by atoms with van der Waals surface area (Å²) in [7, 11) is 0. The lowest BCUT2D eigenvalue weighted by molar-refractivity contribution is -0.115. The molecule has 0 saturated carbocycles. The molecule has 0 unspecified atom stereocenters. The molecule has 2 amide bonds. The fourth-order valence-electron chi connectivity index (χ4n) is 3.26. The Hall–Kier alpha value is -3.87. The minimum atomic E-state index is -0.400. The number of para-hydroxylation sites is 1. The number of amides is 2. The smallest absolute Gasteiger partial charge is 0.290 e. The zero-order valence-corrected chi connectivity index (χ0v) is 19.1. The zero-order chi connectivity index (χ0) is 23.5. The molecule has 2 aromatic carbocycles. The number of benzene rings is 2. The molecule has 3 heterocycles. The van der Waals surface area contributed by atoms with Crippen molar-refractivity contribution in [1.29, 1.82) is 0 Å². The number of hydrogen-bond acceptors (Lipinski definition) is 8. The summed E-state index contributed by atoms with van der Waals surface area (Å²) < 4.78 is 17.5. The topological polar surface area (TPSA) is 94.8 Å². The highest BCUT2D eigenvalue weighted by Gasteiger charge is 2.25. The van der Waals surface area contributed by atoms with Crippen molar-refractivity contribution in [3.63, 3.8) is 0 Å². The molecular formula is C25H15NO6S2. The average Bonchev–Trinajstić information content (AvgIpc) is 3.48. The van der Waals surface area contributed by atoms with Gasteiger partial charge in [0.2, 0.25) is 11.2 Å². The van der Waals surface area contributed by atoms with Crippen LogP contribution in [0.5, 0.6) is 11.5 Å². The number of ether oxygens (including phenoxy) is 2. The summed E-state index contributed by atoms with van der Waals surface area (Å²) in [5.41, 5.74) is 6.76. The molecule has 7 nitrogen and oxygen atoms in total. The Bertz CT molecular complexity index is 1510. The summed E-state index contributed by atoms with van der Waals surface area (Å²) in [5, 5.41) is 4.00. The molecular weight excluding hydrogens is 474 g/mol. The van der Waals surface area contributed by atoms with Crippen LogP contribution >= 0.6 is 23.5 Å². The number of rotatable bonds is 7. The SMILES string of the molecule is O=C1NC(=O)/C(=C/c2ccc(OCCOc3c(C4=C=C=CS4)oc4ccccc4c3=O)cc2)S1. The Morgan fingerprint density at radius 3 is 2.53 bits per heavy atom. The minimum Gasteiger partial charge on any atom is -0.490 e. The molecule has 5 rings (SSSR count). The van der Waals surface area contributed by atoms with Crippen LogP contribution in [0.15, 0.2) is 79.5 Å².